The normalized spacial score (nSPS) is 13.0. The highest BCUT2D eigenvalue weighted by Crippen LogP contribution is 2.34. The molecule has 2 heterocycles. The van der Waals surface area contributed by atoms with Crippen molar-refractivity contribution in [1.82, 2.24) is 19.2 Å². The van der Waals surface area contributed by atoms with Crippen LogP contribution in [-0.2, 0) is 23.1 Å². The number of sulfonamides is 1. The summed E-state index contributed by atoms with van der Waals surface area (Å²) in [5, 5.41) is 8.66. The summed E-state index contributed by atoms with van der Waals surface area (Å²) in [5.41, 5.74) is 2.80. The van der Waals surface area contributed by atoms with Crippen molar-refractivity contribution >= 4 is 35.0 Å². The Balaban J connectivity index is 1.73. The van der Waals surface area contributed by atoms with Gasteiger partial charge in [-0.3, -0.25) is 0 Å². The lowest BCUT2D eigenvalue weighted by atomic mass is 10.2. The number of hydrogen-bond acceptors (Lipinski definition) is 5. The Morgan fingerprint density at radius 2 is 1.77 bits per heavy atom. The first-order valence-electron chi connectivity index (χ1n) is 10.1. The lowest BCUT2D eigenvalue weighted by molar-refractivity contribution is 0.589. The van der Waals surface area contributed by atoms with Gasteiger partial charge in [-0.25, -0.2) is 22.5 Å². The maximum Gasteiger partial charge on any atom is 0.234 e. The summed E-state index contributed by atoms with van der Waals surface area (Å²) in [6.07, 6.45) is 3.58. The minimum absolute atomic E-state index is 0.0780. The van der Waals surface area contributed by atoms with Gasteiger partial charge in [0, 0.05) is 25.0 Å². The maximum atomic E-state index is 12.9. The summed E-state index contributed by atoms with van der Waals surface area (Å²) < 4.78 is 30.5. The molecule has 0 aliphatic carbocycles. The molecule has 162 valence electrons. The molecule has 0 aliphatic rings. The van der Waals surface area contributed by atoms with Gasteiger partial charge in [0.1, 0.15) is 8.24 Å². The van der Waals surface area contributed by atoms with Gasteiger partial charge in [-0.2, -0.15) is 5.10 Å². The van der Waals surface area contributed by atoms with Gasteiger partial charge in [0.15, 0.2) is 5.65 Å². The lowest BCUT2D eigenvalue weighted by Gasteiger charge is -2.36. The van der Waals surface area contributed by atoms with Gasteiger partial charge < -0.3 is 5.32 Å². The monoisotopic (exact) mass is 445 g/mol. The molecule has 3 rings (SSSR count). The van der Waals surface area contributed by atoms with Gasteiger partial charge in [-0.05, 0) is 35.7 Å². The molecule has 0 unspecified atom stereocenters. The van der Waals surface area contributed by atoms with Crippen LogP contribution in [0.5, 0.6) is 0 Å². The Hall–Kier alpha value is -2.23. The van der Waals surface area contributed by atoms with Crippen LogP contribution in [0, 0.1) is 0 Å². The number of hydrogen-bond donors (Lipinski definition) is 2. The number of aryl methyl sites for hydroxylation is 1. The van der Waals surface area contributed by atoms with Gasteiger partial charge in [0.2, 0.25) is 10.0 Å². The van der Waals surface area contributed by atoms with E-state index in [1.165, 1.54) is 0 Å². The Labute approximate surface area is 180 Å². The number of pyridine rings is 1. The van der Waals surface area contributed by atoms with Crippen LogP contribution in [0.3, 0.4) is 0 Å². The van der Waals surface area contributed by atoms with E-state index >= 15 is 0 Å². The minimum atomic E-state index is -3.54. The number of nitrogens with zero attached hydrogens (tertiary/aromatic N) is 3. The predicted octanol–water partition coefficient (Wildman–Crippen LogP) is 4.35. The summed E-state index contributed by atoms with van der Waals surface area (Å²) >= 11 is 0. The van der Waals surface area contributed by atoms with Crippen LogP contribution < -0.4 is 9.70 Å². The molecule has 0 saturated carbocycles. The molecule has 0 fully saturated rings. The van der Waals surface area contributed by atoms with Gasteiger partial charge in [-0.15, -0.1) is 0 Å². The summed E-state index contributed by atoms with van der Waals surface area (Å²) in [4.78, 5) is 4.70. The van der Waals surface area contributed by atoms with Crippen molar-refractivity contribution < 1.29 is 8.42 Å². The highest BCUT2D eigenvalue weighted by Gasteiger charge is 2.39. The maximum absolute atomic E-state index is 12.9. The number of aromatic nitrogens is 3. The summed E-state index contributed by atoms with van der Waals surface area (Å²) in [5.74, 6) is 0. The molecular weight excluding hydrogens is 414 g/mol. The molecule has 0 atom stereocenters. The second-order valence-electron chi connectivity index (χ2n) is 9.03. The average Bonchev–Trinajstić information content (AvgIpc) is 3.09. The first kappa shape index (κ1) is 22.5. The molecule has 0 amide bonds. The number of benzene rings is 1. The van der Waals surface area contributed by atoms with E-state index in [0.717, 1.165) is 28.8 Å². The Kier molecular flexibility index (Phi) is 6.08. The van der Waals surface area contributed by atoms with Crippen LogP contribution in [0.25, 0.3) is 11.0 Å². The van der Waals surface area contributed by atoms with E-state index in [2.05, 4.69) is 40.6 Å². The van der Waals surface area contributed by atoms with Crippen molar-refractivity contribution in [3.8, 4) is 0 Å². The number of nitrogens with one attached hydrogen (secondary N) is 2. The largest absolute Gasteiger partial charge is 0.380 e. The van der Waals surface area contributed by atoms with Crippen molar-refractivity contribution in [2.45, 2.75) is 63.8 Å². The van der Waals surface area contributed by atoms with Crippen molar-refractivity contribution in [2.24, 2.45) is 0 Å². The van der Waals surface area contributed by atoms with Crippen LogP contribution in [-0.4, -0.2) is 31.4 Å². The summed E-state index contributed by atoms with van der Waals surface area (Å²) in [7, 11) is -5.73. The zero-order chi connectivity index (χ0) is 22.2. The molecule has 0 spiro atoms. The molecule has 2 N–H and O–H groups in total. The van der Waals surface area contributed by atoms with Crippen molar-refractivity contribution in [2.75, 3.05) is 5.32 Å². The zero-order valence-corrected chi connectivity index (χ0v) is 20.3. The van der Waals surface area contributed by atoms with E-state index in [0.29, 0.717) is 11.4 Å². The lowest BCUT2D eigenvalue weighted by Crippen LogP contribution is -2.54. The topological polar surface area (TPSA) is 88.9 Å². The van der Waals surface area contributed by atoms with Crippen molar-refractivity contribution in [3.63, 3.8) is 0 Å². The van der Waals surface area contributed by atoms with Crippen LogP contribution in [0.1, 0.15) is 33.3 Å². The quantitative estimate of drug-likeness (QED) is 0.528. The second-order valence-corrected chi connectivity index (χ2v) is 16.1. The zero-order valence-electron chi connectivity index (χ0n) is 18.5. The third-order valence-corrected chi connectivity index (χ3v) is 13.6. The molecule has 7 nitrogen and oxygen atoms in total. The first-order chi connectivity index (χ1) is 13.9. The van der Waals surface area contributed by atoms with E-state index in [-0.39, 0.29) is 5.04 Å². The second kappa shape index (κ2) is 8.13. The van der Waals surface area contributed by atoms with E-state index < -0.39 is 18.3 Å². The smallest absolute Gasteiger partial charge is 0.234 e. The van der Waals surface area contributed by atoms with Gasteiger partial charge >= 0.3 is 0 Å². The van der Waals surface area contributed by atoms with Gasteiger partial charge in [-0.1, -0.05) is 46.0 Å². The summed E-state index contributed by atoms with van der Waals surface area (Å²) in [6, 6.07) is 8.96. The standard InChI is InChI=1S/C21H31N5O2SSi/c1-7-26-20-18(15-24-26)19(12-13-22-20)23-14-16-8-10-17(11-9-16)29(27,28)25-30(5,6)21(2,3)4/h8-13,15,25H,7,14H2,1-6H3,(H,22,23). The first-order valence-corrected chi connectivity index (χ1v) is 14.6. The molecule has 0 aliphatic heterocycles. The summed E-state index contributed by atoms with van der Waals surface area (Å²) in [6.45, 7) is 13.7. The Morgan fingerprint density at radius 3 is 2.37 bits per heavy atom. The Morgan fingerprint density at radius 1 is 1.10 bits per heavy atom. The van der Waals surface area contributed by atoms with E-state index in [9.17, 15) is 8.42 Å². The number of rotatable bonds is 7. The molecule has 2 aromatic heterocycles. The molecule has 0 saturated heterocycles. The third kappa shape index (κ3) is 4.58. The van der Waals surface area contributed by atoms with Crippen LogP contribution in [0.4, 0.5) is 5.69 Å². The minimum Gasteiger partial charge on any atom is -0.380 e. The fourth-order valence-electron chi connectivity index (χ4n) is 2.89. The highest BCUT2D eigenvalue weighted by atomic mass is 32.2. The molecule has 0 radical (unpaired) electrons. The number of fused-ring (bicyclic) bond motifs is 1. The molecule has 30 heavy (non-hydrogen) atoms. The third-order valence-electron chi connectivity index (χ3n) is 5.82. The Bertz CT molecular complexity index is 1130. The fraction of sp³-hybridized carbons (Fsp3) is 0.429. The van der Waals surface area contributed by atoms with Gasteiger partial charge in [0.05, 0.1) is 16.5 Å². The SMILES string of the molecule is CCn1ncc2c(NCc3ccc(S(=O)(=O)N[Si](C)(C)C(C)(C)C)cc3)ccnc21. The van der Waals surface area contributed by atoms with Gasteiger partial charge in [0.25, 0.3) is 0 Å². The molecule has 9 heteroatoms. The molecule has 0 bridgehead atoms. The highest BCUT2D eigenvalue weighted by molar-refractivity contribution is 7.91. The number of anilines is 1. The molecule has 1 aromatic carbocycles. The van der Waals surface area contributed by atoms with E-state index in [1.54, 1.807) is 18.3 Å². The van der Waals surface area contributed by atoms with Crippen molar-refractivity contribution in [1.29, 1.82) is 0 Å². The van der Waals surface area contributed by atoms with Crippen LogP contribution in [0.15, 0.2) is 47.6 Å². The average molecular weight is 446 g/mol. The van der Waals surface area contributed by atoms with Crippen molar-refractivity contribution in [3.05, 3.63) is 48.3 Å². The van der Waals surface area contributed by atoms with E-state index in [1.807, 2.05) is 49.1 Å². The van der Waals surface area contributed by atoms with E-state index in [4.69, 9.17) is 0 Å². The van der Waals surface area contributed by atoms with Crippen LogP contribution in [0.2, 0.25) is 18.1 Å². The fourth-order valence-corrected chi connectivity index (χ4v) is 7.77. The molecular formula is C21H31N5O2SSi. The molecule has 3 aromatic rings. The van der Waals surface area contributed by atoms with Crippen LogP contribution >= 0.6 is 0 Å². The predicted molar refractivity (Wildman–Crippen MR) is 124 cm³/mol.